The van der Waals surface area contributed by atoms with Gasteiger partial charge in [-0.25, -0.2) is 9.59 Å². The maximum atomic E-state index is 12.6. The van der Waals surface area contributed by atoms with Crippen LogP contribution in [0.5, 0.6) is 0 Å². The largest absolute Gasteiger partial charge is 0.467 e. The third-order valence-electron chi connectivity index (χ3n) is 5.24. The summed E-state index contributed by atoms with van der Waals surface area (Å²) in [4.78, 5) is 49.4. The number of benzene rings is 1. The molecule has 2 heterocycles. The summed E-state index contributed by atoms with van der Waals surface area (Å²) < 4.78 is 15.7. The molecule has 9 nitrogen and oxygen atoms in total. The van der Waals surface area contributed by atoms with E-state index in [4.69, 9.17) is 13.9 Å². The van der Waals surface area contributed by atoms with Gasteiger partial charge in [0.05, 0.1) is 30.6 Å². The van der Waals surface area contributed by atoms with Gasteiger partial charge in [0.25, 0.3) is 0 Å². The molecule has 33 heavy (non-hydrogen) atoms. The Kier molecular flexibility index (Phi) is 7.66. The van der Waals surface area contributed by atoms with Crippen LogP contribution in [-0.4, -0.2) is 37.0 Å². The molecule has 0 saturated carbocycles. The average Bonchev–Trinajstić information content (AvgIpc) is 3.32. The van der Waals surface area contributed by atoms with Crippen LogP contribution in [0.3, 0.4) is 0 Å². The molecular weight excluding hydrogens is 428 g/mol. The van der Waals surface area contributed by atoms with Gasteiger partial charge < -0.3 is 24.5 Å². The summed E-state index contributed by atoms with van der Waals surface area (Å²) in [7, 11) is 0. The lowest BCUT2D eigenvalue weighted by atomic mass is 10.0. The summed E-state index contributed by atoms with van der Waals surface area (Å²) in [6.07, 6.45) is 1.26. The second kappa shape index (κ2) is 10.6. The monoisotopic (exact) mass is 454 g/mol. The molecular formula is C24H26N2O7. The summed E-state index contributed by atoms with van der Waals surface area (Å²) in [5, 5.41) is 5.10. The molecule has 1 atom stereocenters. The number of esters is 2. The van der Waals surface area contributed by atoms with E-state index in [1.807, 2.05) is 19.9 Å². The highest BCUT2D eigenvalue weighted by atomic mass is 16.5. The van der Waals surface area contributed by atoms with Crippen LogP contribution in [0.25, 0.3) is 0 Å². The number of hydrogen-bond acceptors (Lipinski definition) is 7. The zero-order valence-electron chi connectivity index (χ0n) is 18.7. The number of aryl methyl sites for hydroxylation is 2. The Labute approximate surface area is 191 Å². The van der Waals surface area contributed by atoms with Crippen molar-refractivity contribution in [1.29, 1.82) is 0 Å². The zero-order valence-corrected chi connectivity index (χ0v) is 18.7. The number of amides is 2. The first-order valence-corrected chi connectivity index (χ1v) is 10.6. The molecule has 2 amide bonds. The number of rotatable bonds is 9. The Morgan fingerprint density at radius 3 is 2.52 bits per heavy atom. The topological polar surface area (TPSA) is 124 Å². The molecule has 0 radical (unpaired) electrons. The van der Waals surface area contributed by atoms with Crippen LogP contribution in [0.2, 0.25) is 0 Å². The van der Waals surface area contributed by atoms with E-state index in [9.17, 15) is 19.2 Å². The third-order valence-corrected chi connectivity index (χ3v) is 5.24. The van der Waals surface area contributed by atoms with Crippen molar-refractivity contribution in [2.24, 2.45) is 0 Å². The van der Waals surface area contributed by atoms with E-state index >= 15 is 0 Å². The van der Waals surface area contributed by atoms with Crippen molar-refractivity contribution >= 4 is 23.8 Å². The van der Waals surface area contributed by atoms with Crippen molar-refractivity contribution in [1.82, 2.24) is 10.6 Å². The smallest absolute Gasteiger partial charge is 0.338 e. The van der Waals surface area contributed by atoms with E-state index in [2.05, 4.69) is 10.6 Å². The molecule has 9 heteroatoms. The first kappa shape index (κ1) is 23.8. The molecule has 0 saturated heterocycles. The van der Waals surface area contributed by atoms with Gasteiger partial charge in [-0.3, -0.25) is 9.59 Å². The quantitative estimate of drug-likeness (QED) is 0.440. The Bertz CT molecular complexity index is 1090. The Hall–Kier alpha value is -3.88. The number of Topliss-reactive ketones (excluding diaryl/α,β-unsaturated/α-hetero) is 1. The van der Waals surface area contributed by atoms with Gasteiger partial charge >= 0.3 is 18.0 Å². The maximum absolute atomic E-state index is 12.6. The normalized spacial score (nSPS) is 15.5. The minimum Gasteiger partial charge on any atom is -0.467 e. The van der Waals surface area contributed by atoms with Gasteiger partial charge in [-0.05, 0) is 50.1 Å². The van der Waals surface area contributed by atoms with E-state index in [-0.39, 0.29) is 43.1 Å². The number of hydrogen-bond donors (Lipinski definition) is 2. The SMILES string of the molecule is CCOC(=O)C1=C(COC(=O)CCC(=O)c2ccc(C)c(C)c2)NC(=O)NC1c1ccco1. The predicted molar refractivity (Wildman–Crippen MR) is 117 cm³/mol. The highest BCUT2D eigenvalue weighted by molar-refractivity contribution is 5.98. The van der Waals surface area contributed by atoms with Crippen molar-refractivity contribution in [3.05, 3.63) is 70.3 Å². The van der Waals surface area contributed by atoms with Crippen molar-refractivity contribution in [3.63, 3.8) is 0 Å². The number of carbonyl (C=O) groups excluding carboxylic acids is 4. The minimum atomic E-state index is -0.896. The summed E-state index contributed by atoms with van der Waals surface area (Å²) in [5.74, 6) is -1.15. The van der Waals surface area contributed by atoms with Gasteiger partial charge in [-0.1, -0.05) is 12.1 Å². The Morgan fingerprint density at radius 1 is 1.06 bits per heavy atom. The molecule has 2 aromatic rings. The van der Waals surface area contributed by atoms with Gasteiger partial charge in [0.1, 0.15) is 18.4 Å². The molecule has 1 aromatic heterocycles. The van der Waals surface area contributed by atoms with Gasteiger partial charge in [-0.2, -0.15) is 0 Å². The van der Waals surface area contributed by atoms with Crippen LogP contribution < -0.4 is 10.6 Å². The van der Waals surface area contributed by atoms with Crippen LogP contribution in [0.1, 0.15) is 53.1 Å². The van der Waals surface area contributed by atoms with Crippen LogP contribution in [0.4, 0.5) is 4.79 Å². The van der Waals surface area contributed by atoms with Gasteiger partial charge in [-0.15, -0.1) is 0 Å². The van der Waals surface area contributed by atoms with Gasteiger partial charge in [0.2, 0.25) is 0 Å². The third kappa shape index (κ3) is 5.88. The van der Waals surface area contributed by atoms with E-state index in [0.717, 1.165) is 11.1 Å². The highest BCUT2D eigenvalue weighted by Crippen LogP contribution is 2.28. The van der Waals surface area contributed by atoms with E-state index in [1.165, 1.54) is 6.26 Å². The summed E-state index contributed by atoms with van der Waals surface area (Å²) >= 11 is 0. The molecule has 1 unspecified atom stereocenters. The lowest BCUT2D eigenvalue weighted by molar-refractivity contribution is -0.143. The second-order valence-electron chi connectivity index (χ2n) is 7.54. The fourth-order valence-corrected chi connectivity index (χ4v) is 3.35. The predicted octanol–water partition coefficient (Wildman–Crippen LogP) is 3.27. The number of ketones is 1. The lowest BCUT2D eigenvalue weighted by Gasteiger charge is -2.27. The molecule has 0 aliphatic carbocycles. The fraction of sp³-hybridized carbons (Fsp3) is 0.333. The van der Waals surface area contributed by atoms with E-state index < -0.39 is 24.0 Å². The summed E-state index contributed by atoms with van der Waals surface area (Å²) in [5.41, 5.74) is 2.77. The maximum Gasteiger partial charge on any atom is 0.338 e. The van der Waals surface area contributed by atoms with Gasteiger partial charge in [0, 0.05) is 12.0 Å². The lowest BCUT2D eigenvalue weighted by Crippen LogP contribution is -2.47. The van der Waals surface area contributed by atoms with Crippen LogP contribution in [-0.2, 0) is 19.1 Å². The van der Waals surface area contributed by atoms with Crippen molar-refractivity contribution < 1.29 is 33.1 Å². The van der Waals surface area contributed by atoms with Crippen molar-refractivity contribution in [3.8, 4) is 0 Å². The molecule has 1 aliphatic rings. The van der Waals surface area contributed by atoms with E-state index in [1.54, 1.807) is 31.2 Å². The number of furan rings is 1. The number of carbonyl (C=O) groups is 4. The Morgan fingerprint density at radius 2 is 1.85 bits per heavy atom. The first-order chi connectivity index (χ1) is 15.8. The number of urea groups is 1. The summed E-state index contributed by atoms with van der Waals surface area (Å²) in [6.45, 7) is 5.28. The van der Waals surface area contributed by atoms with Crippen LogP contribution >= 0.6 is 0 Å². The zero-order chi connectivity index (χ0) is 24.0. The molecule has 2 N–H and O–H groups in total. The minimum absolute atomic E-state index is 0.0198. The van der Waals surface area contributed by atoms with Crippen LogP contribution in [0, 0.1) is 13.8 Å². The fourth-order valence-electron chi connectivity index (χ4n) is 3.35. The first-order valence-electron chi connectivity index (χ1n) is 10.6. The Balaban J connectivity index is 1.68. The molecule has 0 bridgehead atoms. The van der Waals surface area contributed by atoms with Crippen molar-refractivity contribution in [2.45, 2.75) is 39.7 Å². The standard InChI is InChI=1S/C24H26N2O7/c1-4-31-23(29)21-17(25-24(30)26-22(21)19-6-5-11-32-19)13-33-20(28)10-9-18(27)16-8-7-14(2)15(3)12-16/h5-8,11-12,22H,4,9-10,13H2,1-3H3,(H2,25,26,30). The number of ether oxygens (including phenoxy) is 2. The molecule has 1 aliphatic heterocycles. The van der Waals surface area contributed by atoms with Crippen molar-refractivity contribution in [2.75, 3.05) is 13.2 Å². The van der Waals surface area contributed by atoms with Gasteiger partial charge in [0.15, 0.2) is 5.78 Å². The molecule has 0 fully saturated rings. The van der Waals surface area contributed by atoms with E-state index in [0.29, 0.717) is 11.3 Å². The second-order valence-corrected chi connectivity index (χ2v) is 7.54. The molecule has 0 spiro atoms. The molecule has 1 aromatic carbocycles. The molecule has 174 valence electrons. The average molecular weight is 454 g/mol. The molecule has 3 rings (SSSR count). The summed E-state index contributed by atoms with van der Waals surface area (Å²) in [6, 6.07) is 7.13. The highest BCUT2D eigenvalue weighted by Gasteiger charge is 2.35. The van der Waals surface area contributed by atoms with Crippen LogP contribution in [0.15, 0.2) is 52.3 Å². The number of nitrogens with one attached hydrogen (secondary N) is 2.